The fraction of sp³-hybridized carbons (Fsp3) is 0.630. The highest BCUT2D eigenvalue weighted by Crippen LogP contribution is 2.43. The molecule has 2 N–H and O–H groups in total. The molecule has 6 rings (SSSR count). The van der Waals surface area contributed by atoms with Crippen LogP contribution >= 0.6 is 0 Å². The number of likely N-dealkylation sites (tertiary alicyclic amines) is 1. The summed E-state index contributed by atoms with van der Waals surface area (Å²) in [5.74, 6) is 0.392. The van der Waals surface area contributed by atoms with E-state index in [-0.39, 0.29) is 53.2 Å². The molecule has 66 heavy (non-hydrogen) atoms. The van der Waals surface area contributed by atoms with E-state index in [0.29, 0.717) is 18.8 Å². The van der Waals surface area contributed by atoms with Crippen molar-refractivity contribution < 1.29 is 37.4 Å². The fourth-order valence-electron chi connectivity index (χ4n) is 8.77. The molecule has 1 aliphatic carbocycles. The number of aromatic nitrogens is 1. The number of benzene rings is 2. The second kappa shape index (κ2) is 28.7. The Morgan fingerprint density at radius 2 is 1.53 bits per heavy atom. The van der Waals surface area contributed by atoms with E-state index >= 15 is 0 Å². The molecular weight excluding hydrogens is 839 g/mol. The van der Waals surface area contributed by atoms with Crippen molar-refractivity contribution in [3.05, 3.63) is 70.4 Å². The zero-order valence-electron chi connectivity index (χ0n) is 42.8. The summed E-state index contributed by atoms with van der Waals surface area (Å²) >= 11 is 0. The van der Waals surface area contributed by atoms with E-state index in [9.17, 15) is 28.0 Å². The second-order valence-electron chi connectivity index (χ2n) is 19.4. The summed E-state index contributed by atoms with van der Waals surface area (Å²) in [7, 11) is 3.61. The van der Waals surface area contributed by atoms with Gasteiger partial charge in [0.1, 0.15) is 23.0 Å². The number of nitrogens with one attached hydrogen (secondary N) is 2. The van der Waals surface area contributed by atoms with E-state index in [2.05, 4.69) is 38.7 Å². The number of likely N-dealkylation sites (N-methyl/N-ethyl adjacent to an activating group) is 1. The minimum atomic E-state index is -0.318. The van der Waals surface area contributed by atoms with Gasteiger partial charge in [0.05, 0.1) is 23.7 Å². The number of aryl methyl sites for hydroxylation is 2. The van der Waals surface area contributed by atoms with Crippen molar-refractivity contribution >= 4 is 46.6 Å². The molecule has 370 valence electrons. The lowest BCUT2D eigenvalue weighted by atomic mass is 9.85. The maximum Gasteiger partial charge on any atom is 0.293 e. The first kappa shape index (κ1) is 57.7. The van der Waals surface area contributed by atoms with Gasteiger partial charge in [0.2, 0.25) is 12.3 Å². The molecule has 2 fully saturated rings. The fourth-order valence-corrected chi connectivity index (χ4v) is 8.77. The summed E-state index contributed by atoms with van der Waals surface area (Å²) in [5.41, 5.74) is 7.87. The molecule has 3 aliphatic rings. The summed E-state index contributed by atoms with van der Waals surface area (Å²) in [6, 6.07) is 10.5. The van der Waals surface area contributed by atoms with Gasteiger partial charge >= 0.3 is 0 Å². The van der Waals surface area contributed by atoms with Crippen LogP contribution < -0.4 is 10.6 Å². The van der Waals surface area contributed by atoms with Crippen LogP contribution in [0.25, 0.3) is 22.0 Å². The molecule has 2 aliphatic heterocycles. The third-order valence-electron chi connectivity index (χ3n) is 12.2. The normalized spacial score (nSPS) is 17.6. The number of fused-ring (bicyclic) bond motifs is 4. The number of ketones is 1. The summed E-state index contributed by atoms with van der Waals surface area (Å²) in [5, 5.41) is 6.60. The highest BCUT2D eigenvalue weighted by Gasteiger charge is 2.35. The third kappa shape index (κ3) is 18.3. The zero-order chi connectivity index (χ0) is 49.6. The summed E-state index contributed by atoms with van der Waals surface area (Å²) in [6.07, 6.45) is 13.8. The van der Waals surface area contributed by atoms with Crippen LogP contribution in [0.15, 0.2) is 36.4 Å². The Kier molecular flexibility index (Phi) is 25.1. The third-order valence-corrected chi connectivity index (χ3v) is 12.2. The van der Waals surface area contributed by atoms with E-state index in [0.717, 1.165) is 87.3 Å². The van der Waals surface area contributed by atoms with Crippen molar-refractivity contribution in [3.63, 3.8) is 0 Å². The van der Waals surface area contributed by atoms with Crippen molar-refractivity contribution in [2.75, 3.05) is 27.2 Å². The number of carbonyl (C=O) groups is 4. The van der Waals surface area contributed by atoms with Crippen molar-refractivity contribution in [1.29, 1.82) is 0 Å². The largest absolute Gasteiger partial charge is 0.462 e. The number of carbonyl (C=O) groups excluding carboxylic acids is 4. The molecular formula is C54H84F2N4O6. The van der Waals surface area contributed by atoms with Crippen LogP contribution in [0.5, 0.6) is 0 Å². The maximum absolute atomic E-state index is 14.9. The van der Waals surface area contributed by atoms with Gasteiger partial charge in [-0.05, 0) is 171 Å². The molecule has 0 spiro atoms. The summed E-state index contributed by atoms with van der Waals surface area (Å²) < 4.78 is 41.2. The molecule has 3 heterocycles. The number of methoxy groups -OCH3 is 1. The van der Waals surface area contributed by atoms with Gasteiger partial charge in [-0.15, -0.1) is 0 Å². The number of nitrogens with zero attached hydrogens (tertiary/aromatic N) is 2. The molecule has 0 radical (unpaired) electrons. The molecule has 1 saturated heterocycles. The van der Waals surface area contributed by atoms with Crippen LogP contribution in [-0.2, 0) is 48.0 Å². The predicted octanol–water partition coefficient (Wildman–Crippen LogP) is 11.4. The number of unbranched alkanes of at least 4 members (excludes halogenated alkanes) is 1. The standard InChI is InChI=1S/C38H49F2N3O.C5H10O2.C5H12O.C4H7NO2.C2H6/c1-4-5-14-35(41-3)38(44)42-19-9-13-30(42)24-34-32-18-16-29(40)23-36(32)43-20-8-12-27-22-28(39)15-17-31(27)33(25(2)37(34)43)21-26-10-6-7-11-26;1-5(2,3)7-4-6;1-5(2,3)6-4;1-4(7)2-5-3-6;1-2/h15-18,22-23,26,30,35,41H,4-14,19-21,24H2,1-3H3;4H,1-3H3;1-4H3;3H,2H2,1H3,(H,5,6);1-2H3/b33-25+;;;;/t30-,35?;;;;/m0..../s1. The minimum absolute atomic E-state index is 0.0351. The number of Topliss-reactive ketones (excluding diaryl/α,β-unsaturated/α-hetero) is 1. The molecule has 10 nitrogen and oxygen atoms in total. The first-order valence-corrected chi connectivity index (χ1v) is 24.4. The summed E-state index contributed by atoms with van der Waals surface area (Å²) in [6.45, 7) is 23.5. The maximum atomic E-state index is 14.9. The van der Waals surface area contributed by atoms with E-state index < -0.39 is 0 Å². The van der Waals surface area contributed by atoms with E-state index in [1.165, 1.54) is 60.6 Å². The molecule has 1 unspecified atom stereocenters. The molecule has 2 amide bonds. The molecule has 1 saturated carbocycles. The lowest BCUT2D eigenvalue weighted by molar-refractivity contribution is -0.138. The van der Waals surface area contributed by atoms with Crippen LogP contribution in [0.2, 0.25) is 0 Å². The van der Waals surface area contributed by atoms with Crippen molar-refractivity contribution in [2.45, 2.75) is 189 Å². The van der Waals surface area contributed by atoms with Crippen LogP contribution in [0.1, 0.15) is 169 Å². The SMILES string of the molecule is CC.CC(=O)CNC=O.CC(C)(C)OC=O.CCCCC(NC)C(=O)N1CCC[C@H]1Cc1c2n(c3cc(F)ccc13)CCCc1cc(F)ccc1/C(CC1CCCC1)=C/2C.COC(C)(C)C. The molecule has 12 heteroatoms. The van der Waals surface area contributed by atoms with Gasteiger partial charge in [0, 0.05) is 37.3 Å². The minimum Gasteiger partial charge on any atom is -0.462 e. The van der Waals surface area contributed by atoms with E-state index in [1.807, 2.05) is 74.6 Å². The van der Waals surface area contributed by atoms with Crippen molar-refractivity contribution in [1.82, 2.24) is 20.1 Å². The Labute approximate surface area is 396 Å². The van der Waals surface area contributed by atoms with Crippen LogP contribution in [0, 0.1) is 17.6 Å². The monoisotopic (exact) mass is 923 g/mol. The smallest absolute Gasteiger partial charge is 0.293 e. The van der Waals surface area contributed by atoms with Crippen molar-refractivity contribution in [3.8, 4) is 0 Å². The van der Waals surface area contributed by atoms with E-state index in [1.54, 1.807) is 31.4 Å². The highest BCUT2D eigenvalue weighted by atomic mass is 19.1. The van der Waals surface area contributed by atoms with Gasteiger partial charge in [-0.2, -0.15) is 0 Å². The quantitative estimate of drug-likeness (QED) is 0.164. The molecule has 1 aromatic heterocycles. The van der Waals surface area contributed by atoms with E-state index in [4.69, 9.17) is 4.74 Å². The zero-order valence-corrected chi connectivity index (χ0v) is 42.8. The predicted molar refractivity (Wildman–Crippen MR) is 266 cm³/mol. The Morgan fingerprint density at radius 3 is 2.06 bits per heavy atom. The average molecular weight is 923 g/mol. The Hall–Kier alpha value is -4.42. The number of ether oxygens (including phenoxy) is 2. The lowest BCUT2D eigenvalue weighted by Crippen LogP contribution is -2.47. The van der Waals surface area contributed by atoms with Crippen LogP contribution in [0.3, 0.4) is 0 Å². The van der Waals surface area contributed by atoms with Crippen LogP contribution in [-0.4, -0.2) is 84.6 Å². The number of amides is 2. The first-order chi connectivity index (χ1) is 31.3. The van der Waals surface area contributed by atoms with Gasteiger partial charge in [-0.25, -0.2) is 8.78 Å². The van der Waals surface area contributed by atoms with Gasteiger partial charge in [0.15, 0.2) is 0 Å². The van der Waals surface area contributed by atoms with Gasteiger partial charge < -0.3 is 29.6 Å². The van der Waals surface area contributed by atoms with Crippen LogP contribution in [0.4, 0.5) is 8.78 Å². The Balaban J connectivity index is 0.000000565. The van der Waals surface area contributed by atoms with Gasteiger partial charge in [-0.1, -0.05) is 65.4 Å². The second-order valence-corrected chi connectivity index (χ2v) is 19.4. The molecule has 3 aromatic rings. The summed E-state index contributed by atoms with van der Waals surface area (Å²) in [4.78, 5) is 45.0. The first-order valence-electron chi connectivity index (χ1n) is 24.4. The lowest BCUT2D eigenvalue weighted by Gasteiger charge is -2.29. The highest BCUT2D eigenvalue weighted by molar-refractivity contribution is 5.97. The molecule has 0 bridgehead atoms. The average Bonchev–Trinajstić information content (AvgIpc) is 4.03. The number of halogens is 2. The molecule has 2 aromatic carbocycles. The number of allylic oxidation sites excluding steroid dienone is 2. The number of rotatable bonds is 13. The van der Waals surface area contributed by atoms with Crippen molar-refractivity contribution in [2.24, 2.45) is 5.92 Å². The Morgan fingerprint density at radius 1 is 0.894 bits per heavy atom. The van der Waals surface area contributed by atoms with Gasteiger partial charge in [0.25, 0.3) is 6.47 Å². The number of hydrogen-bond acceptors (Lipinski definition) is 7. The topological polar surface area (TPSA) is 119 Å². The van der Waals surface area contributed by atoms with Gasteiger partial charge in [-0.3, -0.25) is 19.2 Å². The molecule has 2 atom stereocenters. The number of hydrogen-bond donors (Lipinski definition) is 2. The Bertz CT molecular complexity index is 2010.